The molecule has 0 unspecified atom stereocenters. The van der Waals surface area contributed by atoms with Crippen LogP contribution in [0.1, 0.15) is 18.4 Å². The van der Waals surface area contributed by atoms with E-state index in [1.165, 1.54) is 5.56 Å². The molecule has 0 spiro atoms. The first-order chi connectivity index (χ1) is 13.3. The quantitative estimate of drug-likeness (QED) is 0.744. The van der Waals surface area contributed by atoms with Crippen molar-refractivity contribution in [3.8, 4) is 0 Å². The first-order valence-corrected chi connectivity index (χ1v) is 10.1. The molecule has 0 aromatic heterocycles. The van der Waals surface area contributed by atoms with Crippen LogP contribution in [0.15, 0.2) is 30.3 Å². The van der Waals surface area contributed by atoms with E-state index in [9.17, 15) is 4.79 Å². The lowest BCUT2D eigenvalue weighted by Crippen LogP contribution is -2.53. The fourth-order valence-electron chi connectivity index (χ4n) is 4.13. The van der Waals surface area contributed by atoms with E-state index in [-0.39, 0.29) is 17.9 Å². The summed E-state index contributed by atoms with van der Waals surface area (Å²) in [7, 11) is 1.72. The smallest absolute Gasteiger partial charge is 0.224 e. The molecule has 2 fully saturated rings. The van der Waals surface area contributed by atoms with E-state index in [4.69, 9.17) is 9.47 Å². The molecule has 0 radical (unpaired) electrons. The van der Waals surface area contributed by atoms with Crippen LogP contribution < -0.4 is 5.32 Å². The molecule has 150 valence electrons. The molecule has 2 saturated heterocycles. The Labute approximate surface area is 162 Å². The summed E-state index contributed by atoms with van der Waals surface area (Å²) in [5, 5.41) is 3.17. The SMILES string of the molecule is COC[C@@H]1[C@H](C(=O)NCCN2CCOCC2)CCCN1Cc1ccccc1. The maximum absolute atomic E-state index is 12.9. The second-order valence-corrected chi connectivity index (χ2v) is 7.47. The van der Waals surface area contributed by atoms with E-state index in [0.717, 1.165) is 58.8 Å². The Bertz CT molecular complexity index is 563. The highest BCUT2D eigenvalue weighted by molar-refractivity contribution is 5.79. The van der Waals surface area contributed by atoms with Crippen LogP contribution in [0.4, 0.5) is 0 Å². The number of rotatable bonds is 8. The number of likely N-dealkylation sites (tertiary alicyclic amines) is 1. The van der Waals surface area contributed by atoms with Gasteiger partial charge in [-0.1, -0.05) is 30.3 Å². The lowest BCUT2D eigenvalue weighted by molar-refractivity contribution is -0.130. The highest BCUT2D eigenvalue weighted by Gasteiger charge is 2.35. The van der Waals surface area contributed by atoms with Gasteiger partial charge in [0.05, 0.1) is 25.7 Å². The van der Waals surface area contributed by atoms with E-state index in [2.05, 4.69) is 39.4 Å². The van der Waals surface area contributed by atoms with Crippen molar-refractivity contribution in [2.45, 2.75) is 25.4 Å². The summed E-state index contributed by atoms with van der Waals surface area (Å²) in [6.07, 6.45) is 1.98. The second-order valence-electron chi connectivity index (χ2n) is 7.47. The monoisotopic (exact) mass is 375 g/mol. The minimum absolute atomic E-state index is 0.00731. The summed E-state index contributed by atoms with van der Waals surface area (Å²) in [5.41, 5.74) is 1.28. The average molecular weight is 376 g/mol. The first kappa shape index (κ1) is 20.3. The highest BCUT2D eigenvalue weighted by Crippen LogP contribution is 2.26. The Hall–Kier alpha value is -1.47. The largest absolute Gasteiger partial charge is 0.383 e. The molecule has 2 aliphatic rings. The van der Waals surface area contributed by atoms with Crippen molar-refractivity contribution in [2.75, 3.05) is 59.7 Å². The average Bonchev–Trinajstić information content (AvgIpc) is 2.71. The standard InChI is InChI=1S/C21H33N3O3/c1-26-17-20-19(21(25)22-9-11-23-12-14-27-15-13-23)8-5-10-24(20)16-18-6-3-2-4-7-18/h2-4,6-7,19-20H,5,8-17H2,1H3,(H,22,25)/t19-,20-/m1/s1. The van der Waals surface area contributed by atoms with Gasteiger partial charge in [-0.2, -0.15) is 0 Å². The maximum Gasteiger partial charge on any atom is 0.224 e. The number of piperidine rings is 1. The van der Waals surface area contributed by atoms with E-state index >= 15 is 0 Å². The van der Waals surface area contributed by atoms with Gasteiger partial charge in [0.2, 0.25) is 5.91 Å². The van der Waals surface area contributed by atoms with E-state index in [1.807, 2.05) is 6.07 Å². The Morgan fingerprint density at radius 3 is 2.74 bits per heavy atom. The Kier molecular flexibility index (Phi) is 8.08. The van der Waals surface area contributed by atoms with Crippen molar-refractivity contribution in [2.24, 2.45) is 5.92 Å². The van der Waals surface area contributed by atoms with Gasteiger partial charge in [-0.05, 0) is 24.9 Å². The summed E-state index contributed by atoms with van der Waals surface area (Å²) in [6, 6.07) is 10.6. The van der Waals surface area contributed by atoms with Crippen molar-refractivity contribution >= 4 is 5.91 Å². The molecule has 1 amide bonds. The maximum atomic E-state index is 12.9. The molecule has 3 rings (SSSR count). The van der Waals surface area contributed by atoms with Gasteiger partial charge in [-0.15, -0.1) is 0 Å². The Morgan fingerprint density at radius 1 is 1.22 bits per heavy atom. The molecule has 2 atom stereocenters. The van der Waals surface area contributed by atoms with E-state index in [1.54, 1.807) is 7.11 Å². The molecule has 6 heteroatoms. The molecule has 1 N–H and O–H groups in total. The number of benzene rings is 1. The summed E-state index contributed by atoms with van der Waals surface area (Å²) >= 11 is 0. The minimum Gasteiger partial charge on any atom is -0.383 e. The third-order valence-corrected chi connectivity index (χ3v) is 5.63. The molecular formula is C21H33N3O3. The van der Waals surface area contributed by atoms with Gasteiger partial charge in [0.15, 0.2) is 0 Å². The van der Waals surface area contributed by atoms with Crippen LogP contribution in [-0.2, 0) is 20.8 Å². The zero-order valence-electron chi connectivity index (χ0n) is 16.4. The van der Waals surface area contributed by atoms with Gasteiger partial charge in [0.25, 0.3) is 0 Å². The molecule has 27 heavy (non-hydrogen) atoms. The normalized spacial score (nSPS) is 24.6. The zero-order valence-corrected chi connectivity index (χ0v) is 16.4. The molecule has 0 bridgehead atoms. The predicted octanol–water partition coefficient (Wildman–Crippen LogP) is 1.36. The van der Waals surface area contributed by atoms with Crippen LogP contribution in [-0.4, -0.2) is 81.4 Å². The van der Waals surface area contributed by atoms with Crippen molar-refractivity contribution in [3.05, 3.63) is 35.9 Å². The molecule has 2 aliphatic heterocycles. The van der Waals surface area contributed by atoms with Crippen LogP contribution >= 0.6 is 0 Å². The number of hydrogen-bond donors (Lipinski definition) is 1. The molecule has 6 nitrogen and oxygen atoms in total. The van der Waals surface area contributed by atoms with E-state index in [0.29, 0.717) is 13.2 Å². The van der Waals surface area contributed by atoms with Gasteiger partial charge in [0, 0.05) is 45.9 Å². The van der Waals surface area contributed by atoms with Gasteiger partial charge >= 0.3 is 0 Å². The highest BCUT2D eigenvalue weighted by atomic mass is 16.5. The number of carbonyl (C=O) groups is 1. The zero-order chi connectivity index (χ0) is 18.9. The number of nitrogens with zero attached hydrogens (tertiary/aromatic N) is 2. The van der Waals surface area contributed by atoms with Crippen LogP contribution in [0.3, 0.4) is 0 Å². The molecule has 0 aliphatic carbocycles. The molecule has 1 aromatic carbocycles. The number of nitrogens with one attached hydrogen (secondary N) is 1. The number of amides is 1. The van der Waals surface area contributed by atoms with Gasteiger partial charge in [0.1, 0.15) is 0 Å². The number of methoxy groups -OCH3 is 1. The summed E-state index contributed by atoms with van der Waals surface area (Å²) < 4.78 is 10.9. The van der Waals surface area contributed by atoms with Crippen LogP contribution in [0.25, 0.3) is 0 Å². The fraction of sp³-hybridized carbons (Fsp3) is 0.667. The van der Waals surface area contributed by atoms with E-state index < -0.39 is 0 Å². The number of carbonyl (C=O) groups excluding carboxylic acids is 1. The topological polar surface area (TPSA) is 54.0 Å². The lowest BCUT2D eigenvalue weighted by Gasteiger charge is -2.40. The third-order valence-electron chi connectivity index (χ3n) is 5.63. The number of hydrogen-bond acceptors (Lipinski definition) is 5. The number of ether oxygens (including phenoxy) is 2. The Balaban J connectivity index is 1.54. The second kappa shape index (κ2) is 10.8. The first-order valence-electron chi connectivity index (χ1n) is 10.1. The van der Waals surface area contributed by atoms with Crippen molar-refractivity contribution in [3.63, 3.8) is 0 Å². The van der Waals surface area contributed by atoms with Crippen LogP contribution in [0.2, 0.25) is 0 Å². The van der Waals surface area contributed by atoms with Gasteiger partial charge < -0.3 is 14.8 Å². The summed E-state index contributed by atoms with van der Waals surface area (Å²) in [4.78, 5) is 17.6. The van der Waals surface area contributed by atoms with Gasteiger partial charge in [-0.25, -0.2) is 0 Å². The lowest BCUT2D eigenvalue weighted by atomic mass is 9.88. The Morgan fingerprint density at radius 2 is 2.00 bits per heavy atom. The third kappa shape index (κ3) is 6.01. The number of morpholine rings is 1. The summed E-state index contributed by atoms with van der Waals surface area (Å²) in [5.74, 6) is 0.162. The predicted molar refractivity (Wildman–Crippen MR) is 106 cm³/mol. The van der Waals surface area contributed by atoms with Crippen molar-refractivity contribution in [1.29, 1.82) is 0 Å². The van der Waals surface area contributed by atoms with Crippen molar-refractivity contribution < 1.29 is 14.3 Å². The molecule has 1 aromatic rings. The van der Waals surface area contributed by atoms with Crippen molar-refractivity contribution in [1.82, 2.24) is 15.1 Å². The minimum atomic E-state index is -0.00731. The molecule has 2 heterocycles. The molecular weight excluding hydrogens is 342 g/mol. The summed E-state index contributed by atoms with van der Waals surface area (Å²) in [6.45, 7) is 7.56. The molecule has 0 saturated carbocycles. The van der Waals surface area contributed by atoms with Crippen LogP contribution in [0, 0.1) is 5.92 Å². The van der Waals surface area contributed by atoms with Crippen LogP contribution in [0.5, 0.6) is 0 Å². The fourth-order valence-corrected chi connectivity index (χ4v) is 4.13. The van der Waals surface area contributed by atoms with Gasteiger partial charge in [-0.3, -0.25) is 14.6 Å².